The zero-order chi connectivity index (χ0) is 9.68. The molecule has 0 aliphatic rings. The molecule has 0 aliphatic carbocycles. The van der Waals surface area contributed by atoms with Gasteiger partial charge >= 0.3 is 6.16 Å². The van der Waals surface area contributed by atoms with Gasteiger partial charge in [-0.2, -0.15) is 5.26 Å². The van der Waals surface area contributed by atoms with Gasteiger partial charge in [-0.05, 0) is 24.3 Å². The van der Waals surface area contributed by atoms with Gasteiger partial charge in [0.25, 0.3) is 0 Å². The average Bonchev–Trinajstić information content (AvgIpc) is 2.19. The van der Waals surface area contributed by atoms with E-state index in [1.165, 1.54) is 19.2 Å². The van der Waals surface area contributed by atoms with Gasteiger partial charge < -0.3 is 9.47 Å². The normalized spacial score (nSPS) is 8.62. The largest absolute Gasteiger partial charge is 0.513 e. The lowest BCUT2D eigenvalue weighted by molar-refractivity contribution is 0.121. The maximum Gasteiger partial charge on any atom is 0.513 e. The standard InChI is InChI=1S/C9H7NO3/c1-12-9(11)13-8-4-2-7(6-10)3-5-8/h2-5H,1H3. The minimum Gasteiger partial charge on any atom is -0.437 e. The van der Waals surface area contributed by atoms with Crippen molar-refractivity contribution in [3.63, 3.8) is 0 Å². The summed E-state index contributed by atoms with van der Waals surface area (Å²) in [5.41, 5.74) is 0.511. The Balaban J connectivity index is 2.71. The summed E-state index contributed by atoms with van der Waals surface area (Å²) >= 11 is 0. The molecule has 0 saturated carbocycles. The van der Waals surface area contributed by atoms with Crippen LogP contribution in [0.25, 0.3) is 0 Å². The summed E-state index contributed by atoms with van der Waals surface area (Å²) in [4.78, 5) is 10.6. The summed E-state index contributed by atoms with van der Waals surface area (Å²) in [5, 5.41) is 8.47. The van der Waals surface area contributed by atoms with Crippen LogP contribution in [0.5, 0.6) is 5.75 Å². The van der Waals surface area contributed by atoms with Crippen LogP contribution >= 0.6 is 0 Å². The molecule has 13 heavy (non-hydrogen) atoms. The fraction of sp³-hybridized carbons (Fsp3) is 0.111. The molecule has 0 radical (unpaired) electrons. The van der Waals surface area contributed by atoms with E-state index in [1.54, 1.807) is 12.1 Å². The van der Waals surface area contributed by atoms with Crippen molar-refractivity contribution in [3.8, 4) is 11.8 Å². The van der Waals surface area contributed by atoms with Crippen LogP contribution in [0.4, 0.5) is 4.79 Å². The van der Waals surface area contributed by atoms with E-state index in [0.29, 0.717) is 11.3 Å². The molecule has 0 N–H and O–H groups in total. The Kier molecular flexibility index (Phi) is 2.87. The van der Waals surface area contributed by atoms with Gasteiger partial charge in [0.05, 0.1) is 18.7 Å². The topological polar surface area (TPSA) is 59.3 Å². The van der Waals surface area contributed by atoms with E-state index in [2.05, 4.69) is 4.74 Å². The predicted molar refractivity (Wildman–Crippen MR) is 44.2 cm³/mol. The number of hydrogen-bond donors (Lipinski definition) is 0. The Bertz CT molecular complexity index is 337. The molecule has 0 amide bonds. The van der Waals surface area contributed by atoms with Crippen molar-refractivity contribution < 1.29 is 14.3 Å². The number of carbonyl (C=O) groups excluding carboxylic acids is 1. The number of nitrogens with zero attached hydrogens (tertiary/aromatic N) is 1. The molecular formula is C9H7NO3. The van der Waals surface area contributed by atoms with Crippen LogP contribution in [0.15, 0.2) is 24.3 Å². The molecule has 1 aromatic carbocycles. The lowest BCUT2D eigenvalue weighted by atomic mass is 10.2. The van der Waals surface area contributed by atoms with Gasteiger partial charge in [0.15, 0.2) is 0 Å². The quantitative estimate of drug-likeness (QED) is 0.484. The van der Waals surface area contributed by atoms with E-state index >= 15 is 0 Å². The van der Waals surface area contributed by atoms with Gasteiger partial charge in [0, 0.05) is 0 Å². The van der Waals surface area contributed by atoms with E-state index in [1.807, 2.05) is 6.07 Å². The number of methoxy groups -OCH3 is 1. The summed E-state index contributed by atoms with van der Waals surface area (Å²) in [5.74, 6) is 0.353. The molecule has 0 spiro atoms. The highest BCUT2D eigenvalue weighted by molar-refractivity contribution is 5.63. The Morgan fingerprint density at radius 2 is 2.00 bits per heavy atom. The molecule has 0 fully saturated rings. The summed E-state index contributed by atoms with van der Waals surface area (Å²) in [7, 11) is 1.23. The Labute approximate surface area is 75.3 Å². The Morgan fingerprint density at radius 1 is 1.38 bits per heavy atom. The smallest absolute Gasteiger partial charge is 0.437 e. The van der Waals surface area contributed by atoms with Crippen LogP contribution in [-0.4, -0.2) is 13.3 Å². The number of rotatable bonds is 1. The second kappa shape index (κ2) is 4.12. The molecule has 4 heteroatoms. The molecule has 0 bridgehead atoms. The van der Waals surface area contributed by atoms with Gasteiger partial charge in [-0.1, -0.05) is 0 Å². The zero-order valence-electron chi connectivity index (χ0n) is 6.98. The van der Waals surface area contributed by atoms with Crippen LogP contribution in [0.2, 0.25) is 0 Å². The van der Waals surface area contributed by atoms with Crippen LogP contribution in [0.1, 0.15) is 5.56 Å². The molecule has 0 unspecified atom stereocenters. The zero-order valence-corrected chi connectivity index (χ0v) is 6.98. The second-order valence-electron chi connectivity index (χ2n) is 2.19. The fourth-order valence-electron chi connectivity index (χ4n) is 0.735. The number of ether oxygens (including phenoxy) is 2. The van der Waals surface area contributed by atoms with E-state index < -0.39 is 6.16 Å². The van der Waals surface area contributed by atoms with E-state index in [4.69, 9.17) is 10.00 Å². The third-order valence-corrected chi connectivity index (χ3v) is 1.35. The minimum absolute atomic E-state index is 0.353. The van der Waals surface area contributed by atoms with Gasteiger partial charge in [-0.15, -0.1) is 0 Å². The molecule has 4 nitrogen and oxygen atoms in total. The summed E-state index contributed by atoms with van der Waals surface area (Å²) in [6, 6.07) is 8.10. The van der Waals surface area contributed by atoms with Crippen molar-refractivity contribution in [2.45, 2.75) is 0 Å². The molecule has 0 heterocycles. The lowest BCUT2D eigenvalue weighted by Crippen LogP contribution is -2.06. The number of nitriles is 1. The summed E-state index contributed by atoms with van der Waals surface area (Å²) < 4.78 is 8.98. The van der Waals surface area contributed by atoms with Crippen molar-refractivity contribution in [3.05, 3.63) is 29.8 Å². The van der Waals surface area contributed by atoms with Crippen molar-refractivity contribution in [1.82, 2.24) is 0 Å². The van der Waals surface area contributed by atoms with Crippen molar-refractivity contribution in [2.24, 2.45) is 0 Å². The van der Waals surface area contributed by atoms with Crippen molar-refractivity contribution in [2.75, 3.05) is 7.11 Å². The summed E-state index contributed by atoms with van der Waals surface area (Å²) in [6.45, 7) is 0. The third-order valence-electron chi connectivity index (χ3n) is 1.35. The van der Waals surface area contributed by atoms with Crippen LogP contribution < -0.4 is 4.74 Å². The van der Waals surface area contributed by atoms with E-state index in [0.717, 1.165) is 0 Å². The molecule has 0 aliphatic heterocycles. The van der Waals surface area contributed by atoms with Gasteiger partial charge in [-0.25, -0.2) is 4.79 Å². The Hall–Kier alpha value is -2.02. The maximum absolute atomic E-state index is 10.6. The number of carbonyl (C=O) groups is 1. The number of benzene rings is 1. The fourth-order valence-corrected chi connectivity index (χ4v) is 0.735. The highest BCUT2D eigenvalue weighted by Gasteiger charge is 2.02. The predicted octanol–water partition coefficient (Wildman–Crippen LogP) is 1.70. The first kappa shape index (κ1) is 9.07. The van der Waals surface area contributed by atoms with Crippen molar-refractivity contribution in [1.29, 1.82) is 5.26 Å². The second-order valence-corrected chi connectivity index (χ2v) is 2.19. The van der Waals surface area contributed by atoms with Crippen LogP contribution in [0, 0.1) is 11.3 Å². The molecular weight excluding hydrogens is 170 g/mol. The lowest BCUT2D eigenvalue weighted by Gasteiger charge is -2.00. The van der Waals surface area contributed by atoms with E-state index in [9.17, 15) is 4.79 Å². The molecule has 0 aromatic heterocycles. The van der Waals surface area contributed by atoms with Crippen molar-refractivity contribution >= 4 is 6.16 Å². The molecule has 1 rings (SSSR count). The first-order valence-electron chi connectivity index (χ1n) is 3.52. The highest BCUT2D eigenvalue weighted by atomic mass is 16.7. The first-order chi connectivity index (χ1) is 6.26. The van der Waals surface area contributed by atoms with Crippen LogP contribution in [-0.2, 0) is 4.74 Å². The first-order valence-corrected chi connectivity index (χ1v) is 3.52. The average molecular weight is 177 g/mol. The van der Waals surface area contributed by atoms with Gasteiger partial charge in [0.2, 0.25) is 0 Å². The molecule has 0 saturated heterocycles. The van der Waals surface area contributed by atoms with Gasteiger partial charge in [-0.3, -0.25) is 0 Å². The van der Waals surface area contributed by atoms with Gasteiger partial charge in [0.1, 0.15) is 5.75 Å². The minimum atomic E-state index is -0.773. The monoisotopic (exact) mass is 177 g/mol. The third kappa shape index (κ3) is 2.49. The highest BCUT2D eigenvalue weighted by Crippen LogP contribution is 2.11. The Morgan fingerprint density at radius 3 is 2.46 bits per heavy atom. The van der Waals surface area contributed by atoms with E-state index in [-0.39, 0.29) is 0 Å². The molecule has 1 aromatic rings. The molecule has 0 atom stereocenters. The summed E-state index contributed by atoms with van der Waals surface area (Å²) in [6.07, 6.45) is -0.773. The SMILES string of the molecule is COC(=O)Oc1ccc(C#N)cc1. The number of hydrogen-bond acceptors (Lipinski definition) is 4. The molecule has 66 valence electrons. The maximum atomic E-state index is 10.6. The van der Waals surface area contributed by atoms with Crippen LogP contribution in [0.3, 0.4) is 0 Å².